The van der Waals surface area contributed by atoms with Gasteiger partial charge in [0.15, 0.2) is 5.78 Å². The monoisotopic (exact) mass is 302 g/mol. The zero-order chi connectivity index (χ0) is 15.4. The second-order valence-electron chi connectivity index (χ2n) is 4.64. The molecular weight excluding hydrogens is 288 g/mol. The molecule has 0 saturated heterocycles. The Hall–Kier alpha value is -2.33. The van der Waals surface area contributed by atoms with Gasteiger partial charge in [-0.1, -0.05) is 29.8 Å². The molecule has 2 amide bonds. The molecule has 0 aromatic heterocycles. The Morgan fingerprint density at radius 2 is 1.76 bits per heavy atom. The Bertz CT molecular complexity index is 698. The van der Waals surface area contributed by atoms with E-state index in [1.807, 2.05) is 13.0 Å². The molecule has 4 nitrogen and oxygen atoms in total. The van der Waals surface area contributed by atoms with E-state index >= 15 is 0 Å². The standard InChI is InChI=1S/C16H15ClN2O2/c1-10-7-8-12(9-14(10)17)18-16(21)19-15-6-4-3-5-13(15)11(2)20/h3-9H,1-2H3,(H2,18,19,21). The number of benzene rings is 2. The summed E-state index contributed by atoms with van der Waals surface area (Å²) >= 11 is 6.01. The van der Waals surface area contributed by atoms with Crippen molar-refractivity contribution >= 4 is 34.8 Å². The number of Topliss-reactive ketones (excluding diaryl/α,β-unsaturated/α-hetero) is 1. The second-order valence-corrected chi connectivity index (χ2v) is 5.05. The van der Waals surface area contributed by atoms with Crippen LogP contribution in [0.4, 0.5) is 16.2 Å². The number of anilines is 2. The number of rotatable bonds is 3. The fourth-order valence-electron chi connectivity index (χ4n) is 1.85. The number of halogens is 1. The summed E-state index contributed by atoms with van der Waals surface area (Å²) < 4.78 is 0. The molecule has 0 unspecified atom stereocenters. The number of ketones is 1. The third kappa shape index (κ3) is 3.83. The summed E-state index contributed by atoms with van der Waals surface area (Å²) in [5.74, 6) is -0.107. The highest BCUT2D eigenvalue weighted by molar-refractivity contribution is 6.31. The molecule has 2 rings (SSSR count). The number of carbonyl (C=O) groups is 2. The van der Waals surface area contributed by atoms with Crippen LogP contribution in [0, 0.1) is 6.92 Å². The molecule has 0 aliphatic rings. The molecule has 2 aromatic carbocycles. The predicted octanol–water partition coefficient (Wildman–Crippen LogP) is 4.50. The molecule has 0 atom stereocenters. The largest absolute Gasteiger partial charge is 0.323 e. The van der Waals surface area contributed by atoms with Crippen molar-refractivity contribution in [3.8, 4) is 0 Å². The molecule has 2 N–H and O–H groups in total. The molecule has 0 saturated carbocycles. The summed E-state index contributed by atoms with van der Waals surface area (Å²) in [7, 11) is 0. The van der Waals surface area contributed by atoms with E-state index in [4.69, 9.17) is 11.6 Å². The number of aryl methyl sites for hydroxylation is 1. The lowest BCUT2D eigenvalue weighted by Crippen LogP contribution is -2.20. The Balaban J connectivity index is 2.12. The van der Waals surface area contributed by atoms with Gasteiger partial charge in [-0.25, -0.2) is 4.79 Å². The van der Waals surface area contributed by atoms with Gasteiger partial charge in [-0.15, -0.1) is 0 Å². The van der Waals surface area contributed by atoms with E-state index in [0.717, 1.165) is 5.56 Å². The minimum atomic E-state index is -0.427. The van der Waals surface area contributed by atoms with Crippen LogP contribution in [0.5, 0.6) is 0 Å². The lowest BCUT2D eigenvalue weighted by molar-refractivity contribution is 0.101. The summed E-state index contributed by atoms with van der Waals surface area (Å²) in [6.45, 7) is 3.34. The zero-order valence-corrected chi connectivity index (χ0v) is 12.5. The van der Waals surface area contributed by atoms with E-state index in [1.165, 1.54) is 6.92 Å². The fourth-order valence-corrected chi connectivity index (χ4v) is 2.03. The van der Waals surface area contributed by atoms with Crippen molar-refractivity contribution in [2.24, 2.45) is 0 Å². The Morgan fingerprint density at radius 3 is 2.43 bits per heavy atom. The van der Waals surface area contributed by atoms with E-state index in [0.29, 0.717) is 22.0 Å². The van der Waals surface area contributed by atoms with Gasteiger partial charge >= 0.3 is 6.03 Å². The van der Waals surface area contributed by atoms with Crippen LogP contribution in [-0.4, -0.2) is 11.8 Å². The number of urea groups is 1. The van der Waals surface area contributed by atoms with E-state index < -0.39 is 6.03 Å². The maximum absolute atomic E-state index is 12.0. The van der Waals surface area contributed by atoms with Crippen LogP contribution in [0.15, 0.2) is 42.5 Å². The number of hydrogen-bond donors (Lipinski definition) is 2. The normalized spacial score (nSPS) is 10.0. The van der Waals surface area contributed by atoms with Gasteiger partial charge in [-0.05, 0) is 43.7 Å². The van der Waals surface area contributed by atoms with E-state index in [1.54, 1.807) is 36.4 Å². The van der Waals surface area contributed by atoms with Gasteiger partial charge in [-0.2, -0.15) is 0 Å². The molecule has 0 heterocycles. The first kappa shape index (κ1) is 15.1. The lowest BCUT2D eigenvalue weighted by Gasteiger charge is -2.11. The Kier molecular flexibility index (Phi) is 4.60. The van der Waals surface area contributed by atoms with E-state index in [-0.39, 0.29) is 5.78 Å². The predicted molar refractivity (Wildman–Crippen MR) is 85.3 cm³/mol. The summed E-state index contributed by atoms with van der Waals surface area (Å²) in [4.78, 5) is 23.5. The first-order chi connectivity index (χ1) is 9.97. The quantitative estimate of drug-likeness (QED) is 0.820. The smallest absolute Gasteiger partial charge is 0.308 e. The van der Waals surface area contributed by atoms with Gasteiger partial charge in [0.05, 0.1) is 5.69 Å². The highest BCUT2D eigenvalue weighted by Crippen LogP contribution is 2.21. The van der Waals surface area contributed by atoms with Crippen LogP contribution in [0.1, 0.15) is 22.8 Å². The zero-order valence-electron chi connectivity index (χ0n) is 11.7. The third-order valence-corrected chi connectivity index (χ3v) is 3.39. The first-order valence-corrected chi connectivity index (χ1v) is 6.79. The number of carbonyl (C=O) groups excluding carboxylic acids is 2. The summed E-state index contributed by atoms with van der Waals surface area (Å²) in [6, 6.07) is 11.7. The number of nitrogens with one attached hydrogen (secondary N) is 2. The van der Waals surface area contributed by atoms with Crippen molar-refractivity contribution in [3.63, 3.8) is 0 Å². The lowest BCUT2D eigenvalue weighted by atomic mass is 10.1. The minimum absolute atomic E-state index is 0.107. The topological polar surface area (TPSA) is 58.2 Å². The van der Waals surface area contributed by atoms with Crippen LogP contribution in [-0.2, 0) is 0 Å². The molecule has 0 fully saturated rings. The molecule has 0 radical (unpaired) electrons. The molecule has 5 heteroatoms. The first-order valence-electron chi connectivity index (χ1n) is 6.41. The van der Waals surface area contributed by atoms with Crippen molar-refractivity contribution in [2.75, 3.05) is 10.6 Å². The van der Waals surface area contributed by atoms with Gasteiger partial charge in [-0.3, -0.25) is 4.79 Å². The molecule has 0 aliphatic heterocycles. The van der Waals surface area contributed by atoms with Crippen LogP contribution >= 0.6 is 11.6 Å². The van der Waals surface area contributed by atoms with Crippen molar-refractivity contribution in [1.82, 2.24) is 0 Å². The highest BCUT2D eigenvalue weighted by Gasteiger charge is 2.09. The Morgan fingerprint density at radius 1 is 1.05 bits per heavy atom. The number of amides is 2. The van der Waals surface area contributed by atoms with Crippen LogP contribution in [0.25, 0.3) is 0 Å². The number of hydrogen-bond acceptors (Lipinski definition) is 2. The van der Waals surface area contributed by atoms with Crippen LogP contribution in [0.3, 0.4) is 0 Å². The third-order valence-electron chi connectivity index (χ3n) is 2.98. The maximum Gasteiger partial charge on any atom is 0.323 e. The van der Waals surface area contributed by atoms with E-state index in [2.05, 4.69) is 10.6 Å². The second kappa shape index (κ2) is 6.41. The summed E-state index contributed by atoms with van der Waals surface area (Å²) in [6.07, 6.45) is 0. The van der Waals surface area contributed by atoms with Crippen LogP contribution < -0.4 is 10.6 Å². The molecule has 0 aliphatic carbocycles. The molecule has 0 spiro atoms. The van der Waals surface area contributed by atoms with Crippen molar-refractivity contribution in [2.45, 2.75) is 13.8 Å². The summed E-state index contributed by atoms with van der Waals surface area (Å²) in [5, 5.41) is 5.92. The maximum atomic E-state index is 12.0. The molecule has 21 heavy (non-hydrogen) atoms. The highest BCUT2D eigenvalue weighted by atomic mass is 35.5. The average molecular weight is 303 g/mol. The van der Waals surface area contributed by atoms with Gasteiger partial charge in [0.1, 0.15) is 0 Å². The summed E-state index contributed by atoms with van der Waals surface area (Å²) in [5.41, 5.74) is 2.46. The van der Waals surface area contributed by atoms with Crippen LogP contribution in [0.2, 0.25) is 5.02 Å². The van der Waals surface area contributed by atoms with Gasteiger partial charge in [0, 0.05) is 16.3 Å². The van der Waals surface area contributed by atoms with Crippen molar-refractivity contribution < 1.29 is 9.59 Å². The number of para-hydroxylation sites is 1. The van der Waals surface area contributed by atoms with Crippen molar-refractivity contribution in [3.05, 3.63) is 58.6 Å². The molecule has 2 aromatic rings. The minimum Gasteiger partial charge on any atom is -0.308 e. The van der Waals surface area contributed by atoms with Crippen molar-refractivity contribution in [1.29, 1.82) is 0 Å². The average Bonchev–Trinajstić information content (AvgIpc) is 2.43. The SMILES string of the molecule is CC(=O)c1ccccc1NC(=O)Nc1ccc(C)c(Cl)c1. The molecule has 108 valence electrons. The van der Waals surface area contributed by atoms with Gasteiger partial charge < -0.3 is 10.6 Å². The van der Waals surface area contributed by atoms with E-state index in [9.17, 15) is 9.59 Å². The van der Waals surface area contributed by atoms with Gasteiger partial charge in [0.25, 0.3) is 0 Å². The molecular formula is C16H15ClN2O2. The molecule has 0 bridgehead atoms. The van der Waals surface area contributed by atoms with Gasteiger partial charge in [0.2, 0.25) is 0 Å². The Labute approximate surface area is 128 Å². The fraction of sp³-hybridized carbons (Fsp3) is 0.125.